The molecular formula is C17H16N4O2. The summed E-state index contributed by atoms with van der Waals surface area (Å²) in [6.07, 6.45) is 1.40. The summed E-state index contributed by atoms with van der Waals surface area (Å²) in [5.41, 5.74) is 1.88. The topological polar surface area (TPSA) is 79.8 Å². The fourth-order valence-electron chi connectivity index (χ4n) is 2.31. The van der Waals surface area contributed by atoms with Crippen LogP contribution in [0.1, 0.15) is 18.4 Å². The number of hydrogen-bond acceptors (Lipinski definition) is 3. The van der Waals surface area contributed by atoms with E-state index in [-0.39, 0.29) is 17.5 Å². The molecule has 23 heavy (non-hydrogen) atoms. The number of carbonyl (C=O) groups excluding carboxylic acids is 1. The summed E-state index contributed by atoms with van der Waals surface area (Å²) in [7, 11) is 0. The van der Waals surface area contributed by atoms with Crippen LogP contribution in [0.3, 0.4) is 0 Å². The van der Waals surface area contributed by atoms with Crippen molar-refractivity contribution >= 4 is 11.6 Å². The zero-order chi connectivity index (χ0) is 16.2. The van der Waals surface area contributed by atoms with Crippen molar-refractivity contribution in [1.82, 2.24) is 14.8 Å². The smallest absolute Gasteiger partial charge is 0.325 e. The van der Waals surface area contributed by atoms with Crippen molar-refractivity contribution in [2.24, 2.45) is 0 Å². The lowest BCUT2D eigenvalue weighted by Gasteiger charge is -2.13. The van der Waals surface area contributed by atoms with Gasteiger partial charge in [-0.2, -0.15) is 5.10 Å². The van der Waals surface area contributed by atoms with Gasteiger partial charge in [0.25, 0.3) is 0 Å². The minimum atomic E-state index is -0.328. The number of aromatic amines is 1. The average Bonchev–Trinajstić information content (AvgIpc) is 3.01. The summed E-state index contributed by atoms with van der Waals surface area (Å²) in [5, 5.41) is 8.91. The number of nitrogens with zero attached hydrogens (tertiary/aromatic N) is 2. The van der Waals surface area contributed by atoms with Gasteiger partial charge in [-0.3, -0.25) is 4.79 Å². The van der Waals surface area contributed by atoms with Crippen molar-refractivity contribution in [2.45, 2.75) is 12.8 Å². The van der Waals surface area contributed by atoms with E-state index in [1.165, 1.54) is 10.9 Å². The first-order chi connectivity index (χ1) is 11.1. The molecule has 0 radical (unpaired) electrons. The molecule has 2 N–H and O–H groups in total. The molecule has 0 saturated heterocycles. The molecule has 0 unspecified atom stereocenters. The van der Waals surface area contributed by atoms with Crippen LogP contribution in [0.15, 0.2) is 65.7 Å². The Balaban J connectivity index is 1.79. The van der Waals surface area contributed by atoms with E-state index in [2.05, 4.69) is 15.5 Å². The van der Waals surface area contributed by atoms with Crippen molar-refractivity contribution in [3.05, 3.63) is 77.0 Å². The van der Waals surface area contributed by atoms with Gasteiger partial charge in [0, 0.05) is 5.69 Å². The maximum Gasteiger partial charge on any atom is 0.347 e. The number of carbonyl (C=O) groups is 1. The van der Waals surface area contributed by atoms with E-state index in [1.807, 2.05) is 37.3 Å². The Labute approximate surface area is 132 Å². The third kappa shape index (κ3) is 3.21. The first kappa shape index (κ1) is 14.8. The van der Waals surface area contributed by atoms with E-state index >= 15 is 0 Å². The Hall–Kier alpha value is -3.15. The highest BCUT2D eigenvalue weighted by Crippen LogP contribution is 2.19. The Kier molecular flexibility index (Phi) is 4.05. The summed E-state index contributed by atoms with van der Waals surface area (Å²) in [4.78, 5) is 24.0. The van der Waals surface area contributed by atoms with E-state index in [1.54, 1.807) is 24.3 Å². The number of anilines is 1. The predicted molar refractivity (Wildman–Crippen MR) is 87.7 cm³/mol. The minimum absolute atomic E-state index is 0.104. The van der Waals surface area contributed by atoms with Crippen LogP contribution in [-0.4, -0.2) is 20.7 Å². The zero-order valence-electron chi connectivity index (χ0n) is 12.6. The van der Waals surface area contributed by atoms with E-state index in [9.17, 15) is 9.59 Å². The largest absolute Gasteiger partial charge is 0.347 e. The third-order valence-corrected chi connectivity index (χ3v) is 3.64. The van der Waals surface area contributed by atoms with Crippen molar-refractivity contribution in [2.75, 3.05) is 5.32 Å². The standard InChI is InChI=1S/C17H16N4O2/c1-12(13-6-3-2-4-7-13)16(22)19-14-8-5-9-15(10-14)21-11-18-20-17(21)23/h2-12H,1H3,(H,19,22)(H,20,23)/t12-/m0/s1. The molecular weight excluding hydrogens is 292 g/mol. The first-order valence-electron chi connectivity index (χ1n) is 7.23. The molecule has 1 heterocycles. The lowest BCUT2D eigenvalue weighted by molar-refractivity contribution is -0.117. The first-order valence-corrected chi connectivity index (χ1v) is 7.23. The molecule has 6 heteroatoms. The normalized spacial score (nSPS) is 11.9. The predicted octanol–water partition coefficient (Wildman–Crippen LogP) is 2.30. The maximum atomic E-state index is 12.4. The molecule has 0 aliphatic carbocycles. The molecule has 6 nitrogen and oxygen atoms in total. The van der Waals surface area contributed by atoms with Crippen LogP contribution in [0.2, 0.25) is 0 Å². The fraction of sp³-hybridized carbons (Fsp3) is 0.118. The van der Waals surface area contributed by atoms with Gasteiger partial charge in [0.1, 0.15) is 6.33 Å². The van der Waals surface area contributed by atoms with Gasteiger partial charge < -0.3 is 5.32 Å². The van der Waals surface area contributed by atoms with Gasteiger partial charge in [0.15, 0.2) is 0 Å². The zero-order valence-corrected chi connectivity index (χ0v) is 12.6. The van der Waals surface area contributed by atoms with Gasteiger partial charge >= 0.3 is 5.69 Å². The number of amides is 1. The van der Waals surface area contributed by atoms with Crippen molar-refractivity contribution in [1.29, 1.82) is 0 Å². The van der Waals surface area contributed by atoms with Gasteiger partial charge in [-0.15, -0.1) is 0 Å². The quantitative estimate of drug-likeness (QED) is 0.776. The van der Waals surface area contributed by atoms with Gasteiger partial charge in [0.2, 0.25) is 5.91 Å². The van der Waals surface area contributed by atoms with Crippen molar-refractivity contribution < 1.29 is 4.79 Å². The molecule has 1 amide bonds. The summed E-state index contributed by atoms with van der Waals surface area (Å²) in [6.45, 7) is 1.86. The fourth-order valence-corrected chi connectivity index (χ4v) is 2.31. The molecule has 0 fully saturated rings. The van der Waals surface area contributed by atoms with Crippen LogP contribution < -0.4 is 11.0 Å². The lowest BCUT2D eigenvalue weighted by atomic mass is 10.0. The third-order valence-electron chi connectivity index (χ3n) is 3.64. The van der Waals surface area contributed by atoms with Crippen LogP contribution >= 0.6 is 0 Å². The number of benzene rings is 2. The minimum Gasteiger partial charge on any atom is -0.325 e. The monoisotopic (exact) mass is 308 g/mol. The number of rotatable bonds is 4. The SMILES string of the molecule is C[C@H](C(=O)Nc1cccc(-n2cn[nH]c2=O)c1)c1ccccc1. The van der Waals surface area contributed by atoms with Crippen LogP contribution in [0.25, 0.3) is 5.69 Å². The van der Waals surface area contributed by atoms with Crippen molar-refractivity contribution in [3.8, 4) is 5.69 Å². The molecule has 0 spiro atoms. The second-order valence-electron chi connectivity index (χ2n) is 5.20. The molecule has 2 aromatic carbocycles. The molecule has 3 aromatic rings. The average molecular weight is 308 g/mol. The molecule has 1 atom stereocenters. The van der Waals surface area contributed by atoms with E-state index < -0.39 is 0 Å². The Morgan fingerprint density at radius 3 is 2.65 bits per heavy atom. The van der Waals surface area contributed by atoms with Gasteiger partial charge in [-0.1, -0.05) is 36.4 Å². The lowest BCUT2D eigenvalue weighted by Crippen LogP contribution is -2.19. The molecule has 1 aromatic heterocycles. The highest BCUT2D eigenvalue weighted by atomic mass is 16.2. The van der Waals surface area contributed by atoms with E-state index in [0.717, 1.165) is 5.56 Å². The molecule has 0 aliphatic rings. The molecule has 116 valence electrons. The number of nitrogens with one attached hydrogen (secondary N) is 2. The van der Waals surface area contributed by atoms with Crippen LogP contribution in [0.4, 0.5) is 5.69 Å². The summed E-state index contributed by atoms with van der Waals surface area (Å²) in [5.74, 6) is -0.371. The van der Waals surface area contributed by atoms with Crippen LogP contribution in [0, 0.1) is 0 Å². The second kappa shape index (κ2) is 6.31. The highest BCUT2D eigenvalue weighted by Gasteiger charge is 2.15. The van der Waals surface area contributed by atoms with Crippen LogP contribution in [0.5, 0.6) is 0 Å². The van der Waals surface area contributed by atoms with Crippen LogP contribution in [-0.2, 0) is 4.79 Å². The highest BCUT2D eigenvalue weighted by molar-refractivity contribution is 5.95. The summed E-state index contributed by atoms with van der Waals surface area (Å²) < 4.78 is 1.37. The number of aromatic nitrogens is 3. The molecule has 3 rings (SSSR count). The maximum absolute atomic E-state index is 12.4. The molecule has 0 bridgehead atoms. The Bertz CT molecular complexity index is 867. The Morgan fingerprint density at radius 2 is 1.96 bits per heavy atom. The van der Waals surface area contributed by atoms with Gasteiger partial charge in [0.05, 0.1) is 11.6 Å². The van der Waals surface area contributed by atoms with E-state index in [4.69, 9.17) is 0 Å². The Morgan fingerprint density at radius 1 is 1.17 bits per heavy atom. The second-order valence-corrected chi connectivity index (χ2v) is 5.20. The van der Waals surface area contributed by atoms with E-state index in [0.29, 0.717) is 11.4 Å². The number of hydrogen-bond donors (Lipinski definition) is 2. The van der Waals surface area contributed by atoms with Gasteiger partial charge in [-0.25, -0.2) is 14.5 Å². The van der Waals surface area contributed by atoms with Crippen molar-refractivity contribution in [3.63, 3.8) is 0 Å². The summed E-state index contributed by atoms with van der Waals surface area (Å²) in [6, 6.07) is 16.6. The van der Waals surface area contributed by atoms with Gasteiger partial charge in [-0.05, 0) is 30.7 Å². The molecule has 0 saturated carbocycles. The number of H-pyrrole nitrogens is 1. The molecule has 0 aliphatic heterocycles. The summed E-state index contributed by atoms with van der Waals surface area (Å²) >= 11 is 0.